The molecule has 2 rings (SSSR count). The van der Waals surface area contributed by atoms with Gasteiger partial charge >= 0.3 is 0 Å². The lowest BCUT2D eigenvalue weighted by Gasteiger charge is -2.23. The second-order valence-electron chi connectivity index (χ2n) is 5.65. The fourth-order valence-corrected chi connectivity index (χ4v) is 3.06. The maximum absolute atomic E-state index is 11.9. The minimum absolute atomic E-state index is 0.00106. The fourth-order valence-electron chi connectivity index (χ4n) is 3.06. The zero-order valence-electron chi connectivity index (χ0n) is 11.0. The number of rotatable bonds is 2. The molecule has 0 aromatic carbocycles. The average Bonchev–Trinajstić information content (AvgIpc) is 2.46. The van der Waals surface area contributed by atoms with Gasteiger partial charge < -0.3 is 0 Å². The quantitative estimate of drug-likeness (QED) is 0.741. The molecule has 0 aromatic rings. The van der Waals surface area contributed by atoms with Crippen LogP contribution in [-0.4, -0.2) is 11.8 Å². The lowest BCUT2D eigenvalue weighted by molar-refractivity contribution is -0.134. The van der Waals surface area contributed by atoms with Crippen molar-refractivity contribution in [3.63, 3.8) is 0 Å². The molecule has 0 heterocycles. The van der Waals surface area contributed by atoms with Gasteiger partial charge in [-0.15, -0.1) is 0 Å². The number of carbonyl (C=O) groups excluding carboxylic acids is 2. The molecule has 0 aromatic heterocycles. The van der Waals surface area contributed by atoms with Gasteiger partial charge in [-0.05, 0) is 25.7 Å². The smallest absolute Gasteiger partial charge is 0.241 e. The van der Waals surface area contributed by atoms with Gasteiger partial charge in [-0.1, -0.05) is 38.5 Å². The van der Waals surface area contributed by atoms with Crippen LogP contribution in [0.25, 0.3) is 0 Å². The fraction of sp³-hybridized carbons (Fsp3) is 0.857. The van der Waals surface area contributed by atoms with Gasteiger partial charge in [0.05, 0.1) is 0 Å². The molecule has 2 N–H and O–H groups in total. The molecule has 0 spiro atoms. The van der Waals surface area contributed by atoms with Crippen molar-refractivity contribution in [3.05, 3.63) is 0 Å². The number of carbonyl (C=O) groups is 2. The first-order valence-corrected chi connectivity index (χ1v) is 7.37. The van der Waals surface area contributed by atoms with Crippen LogP contribution >= 0.6 is 0 Å². The Hall–Kier alpha value is -1.06. The van der Waals surface area contributed by atoms with Crippen molar-refractivity contribution in [2.45, 2.75) is 64.2 Å². The molecule has 0 unspecified atom stereocenters. The highest BCUT2D eigenvalue weighted by Gasteiger charge is 2.24. The zero-order valence-corrected chi connectivity index (χ0v) is 11.0. The van der Waals surface area contributed by atoms with Crippen LogP contribution in [0.3, 0.4) is 0 Å². The van der Waals surface area contributed by atoms with Gasteiger partial charge in [0.2, 0.25) is 11.8 Å². The van der Waals surface area contributed by atoms with Gasteiger partial charge in [-0.3, -0.25) is 20.4 Å². The standard InChI is InChI=1S/C14H24N2O2/c17-13(11-7-3-1-4-8-11)15-16-14(18)12-9-5-2-6-10-12/h11-12H,1-10H2,(H,15,17)(H,16,18). The lowest BCUT2D eigenvalue weighted by atomic mass is 9.88. The van der Waals surface area contributed by atoms with Crippen LogP contribution in [0.5, 0.6) is 0 Å². The molecule has 0 atom stereocenters. The predicted molar refractivity (Wildman–Crippen MR) is 69.4 cm³/mol. The molecule has 0 radical (unpaired) electrons. The molecule has 18 heavy (non-hydrogen) atoms. The number of nitrogens with one attached hydrogen (secondary N) is 2. The van der Waals surface area contributed by atoms with E-state index in [0.717, 1.165) is 51.4 Å². The normalized spacial score (nSPS) is 22.4. The summed E-state index contributed by atoms with van der Waals surface area (Å²) in [6.07, 6.45) is 10.9. The van der Waals surface area contributed by atoms with Crippen LogP contribution in [0, 0.1) is 11.8 Å². The first-order chi connectivity index (χ1) is 8.77. The number of hydrogen-bond donors (Lipinski definition) is 2. The summed E-state index contributed by atoms with van der Waals surface area (Å²) in [5.74, 6) is 0.202. The van der Waals surface area contributed by atoms with E-state index in [1.807, 2.05) is 0 Å². The monoisotopic (exact) mass is 252 g/mol. The summed E-state index contributed by atoms with van der Waals surface area (Å²) in [6, 6.07) is 0. The molecule has 2 aliphatic rings. The summed E-state index contributed by atoms with van der Waals surface area (Å²) in [5, 5.41) is 0. The van der Waals surface area contributed by atoms with Gasteiger partial charge in [-0.25, -0.2) is 0 Å². The predicted octanol–water partition coefficient (Wildman–Crippen LogP) is 2.29. The molecule has 2 amide bonds. The van der Waals surface area contributed by atoms with E-state index in [2.05, 4.69) is 10.9 Å². The molecule has 0 saturated heterocycles. The van der Waals surface area contributed by atoms with E-state index in [1.54, 1.807) is 0 Å². The van der Waals surface area contributed by atoms with E-state index >= 15 is 0 Å². The van der Waals surface area contributed by atoms with Crippen molar-refractivity contribution >= 4 is 11.8 Å². The molecule has 4 heteroatoms. The van der Waals surface area contributed by atoms with E-state index in [4.69, 9.17) is 0 Å². The first-order valence-electron chi connectivity index (χ1n) is 7.37. The molecule has 4 nitrogen and oxygen atoms in total. The summed E-state index contributed by atoms with van der Waals surface area (Å²) in [6.45, 7) is 0. The van der Waals surface area contributed by atoms with Crippen LogP contribution in [0.15, 0.2) is 0 Å². The van der Waals surface area contributed by atoms with Crippen LogP contribution in [-0.2, 0) is 9.59 Å². The second-order valence-corrected chi connectivity index (χ2v) is 5.65. The molecule has 102 valence electrons. The van der Waals surface area contributed by atoms with Gasteiger partial charge in [0, 0.05) is 11.8 Å². The minimum Gasteiger partial charge on any atom is -0.273 e. The van der Waals surface area contributed by atoms with Crippen LogP contribution in [0.4, 0.5) is 0 Å². The van der Waals surface area contributed by atoms with Crippen LogP contribution in [0.1, 0.15) is 64.2 Å². The van der Waals surface area contributed by atoms with E-state index < -0.39 is 0 Å². The van der Waals surface area contributed by atoms with E-state index in [9.17, 15) is 9.59 Å². The van der Waals surface area contributed by atoms with Gasteiger partial charge in [0.1, 0.15) is 0 Å². The lowest BCUT2D eigenvalue weighted by Crippen LogP contribution is -2.47. The van der Waals surface area contributed by atoms with E-state index in [-0.39, 0.29) is 23.7 Å². The van der Waals surface area contributed by atoms with Crippen molar-refractivity contribution in [3.8, 4) is 0 Å². The molecular weight excluding hydrogens is 228 g/mol. The average molecular weight is 252 g/mol. The van der Waals surface area contributed by atoms with Crippen molar-refractivity contribution in [2.24, 2.45) is 11.8 Å². The Morgan fingerprint density at radius 1 is 0.611 bits per heavy atom. The third-order valence-corrected chi connectivity index (χ3v) is 4.26. The molecular formula is C14H24N2O2. The Labute approximate surface area is 109 Å². The van der Waals surface area contributed by atoms with E-state index in [1.165, 1.54) is 12.8 Å². The molecule has 0 aliphatic heterocycles. The Balaban J connectivity index is 1.69. The Bertz CT molecular complexity index is 262. The summed E-state index contributed by atoms with van der Waals surface area (Å²) >= 11 is 0. The zero-order chi connectivity index (χ0) is 12.8. The van der Waals surface area contributed by atoms with E-state index in [0.29, 0.717) is 0 Å². The highest BCUT2D eigenvalue weighted by atomic mass is 16.2. The Morgan fingerprint density at radius 3 is 1.28 bits per heavy atom. The number of hydrazine groups is 1. The summed E-state index contributed by atoms with van der Waals surface area (Å²) in [4.78, 5) is 23.7. The number of amides is 2. The highest BCUT2D eigenvalue weighted by molar-refractivity contribution is 5.84. The SMILES string of the molecule is O=C(NNC(=O)C1CCCCC1)C1CCCCC1. The highest BCUT2D eigenvalue weighted by Crippen LogP contribution is 2.24. The van der Waals surface area contributed by atoms with Crippen molar-refractivity contribution in [1.82, 2.24) is 10.9 Å². The minimum atomic E-state index is -0.00106. The van der Waals surface area contributed by atoms with Crippen molar-refractivity contribution < 1.29 is 9.59 Å². The largest absolute Gasteiger partial charge is 0.273 e. The van der Waals surface area contributed by atoms with Crippen molar-refractivity contribution in [1.29, 1.82) is 0 Å². The van der Waals surface area contributed by atoms with Crippen LogP contribution < -0.4 is 10.9 Å². The summed E-state index contributed by atoms with van der Waals surface area (Å²) in [5.41, 5.74) is 5.22. The van der Waals surface area contributed by atoms with Gasteiger partial charge in [-0.2, -0.15) is 0 Å². The first kappa shape index (κ1) is 13.4. The second kappa shape index (κ2) is 6.76. The third-order valence-electron chi connectivity index (χ3n) is 4.26. The maximum atomic E-state index is 11.9. The van der Waals surface area contributed by atoms with Gasteiger partial charge in [0.15, 0.2) is 0 Å². The number of hydrogen-bond acceptors (Lipinski definition) is 2. The van der Waals surface area contributed by atoms with Crippen LogP contribution in [0.2, 0.25) is 0 Å². The summed E-state index contributed by atoms with van der Waals surface area (Å²) in [7, 11) is 0. The van der Waals surface area contributed by atoms with Crippen molar-refractivity contribution in [2.75, 3.05) is 0 Å². The Kier molecular flexibility index (Phi) is 5.02. The molecule has 2 saturated carbocycles. The molecule has 2 aliphatic carbocycles. The molecule has 0 bridgehead atoms. The Morgan fingerprint density at radius 2 is 0.944 bits per heavy atom. The maximum Gasteiger partial charge on any atom is 0.241 e. The van der Waals surface area contributed by atoms with Gasteiger partial charge in [0.25, 0.3) is 0 Å². The summed E-state index contributed by atoms with van der Waals surface area (Å²) < 4.78 is 0. The molecule has 2 fully saturated rings. The topological polar surface area (TPSA) is 58.2 Å². The third kappa shape index (κ3) is 3.72.